The minimum absolute atomic E-state index is 0.306. The van der Waals surface area contributed by atoms with Gasteiger partial charge in [-0.05, 0) is 24.6 Å². The van der Waals surface area contributed by atoms with Crippen LogP contribution in [0.1, 0.15) is 12.8 Å². The third-order valence-electron chi connectivity index (χ3n) is 2.89. The van der Waals surface area contributed by atoms with E-state index in [1.54, 1.807) is 0 Å². The minimum Gasteiger partial charge on any atom is -0.277 e. The molecule has 9 heteroatoms. The summed E-state index contributed by atoms with van der Waals surface area (Å²) in [4.78, 5) is 35.3. The summed E-state index contributed by atoms with van der Waals surface area (Å²) in [5, 5.41) is 2.00. The van der Waals surface area contributed by atoms with Crippen molar-refractivity contribution < 1.29 is 27.6 Å². The number of amides is 4. The SMILES string of the molecule is O=C1NC(=O)C2(CC2)C(=O)N1CCSC(F)(F)F. The molecule has 1 aliphatic carbocycles. The molecule has 5 nitrogen and oxygen atoms in total. The second-order valence-electron chi connectivity index (χ2n) is 4.09. The Bertz CT molecular complexity index is 420. The molecule has 0 aromatic heterocycles. The van der Waals surface area contributed by atoms with Crippen LogP contribution in [0.4, 0.5) is 18.0 Å². The molecule has 1 N–H and O–H groups in total. The molecule has 2 aliphatic rings. The average Bonchev–Trinajstić information content (AvgIpc) is 3.00. The second-order valence-corrected chi connectivity index (χ2v) is 5.25. The number of hydrogen-bond donors (Lipinski definition) is 1. The predicted molar refractivity (Wildman–Crippen MR) is 55.4 cm³/mol. The van der Waals surface area contributed by atoms with Crippen LogP contribution in [-0.2, 0) is 9.59 Å². The molecule has 0 unspecified atom stereocenters. The Labute approximate surface area is 104 Å². The summed E-state index contributed by atoms with van der Waals surface area (Å²) in [6.07, 6.45) is 0.682. The maximum Gasteiger partial charge on any atom is 0.441 e. The van der Waals surface area contributed by atoms with Crippen LogP contribution in [0.3, 0.4) is 0 Å². The molecule has 0 aromatic rings. The van der Waals surface area contributed by atoms with E-state index in [1.165, 1.54) is 0 Å². The van der Waals surface area contributed by atoms with Crippen LogP contribution in [0, 0.1) is 5.41 Å². The fourth-order valence-electron chi connectivity index (χ4n) is 1.75. The van der Waals surface area contributed by atoms with E-state index in [0.717, 1.165) is 0 Å². The number of nitrogens with zero attached hydrogens (tertiary/aromatic N) is 1. The van der Waals surface area contributed by atoms with Gasteiger partial charge >= 0.3 is 11.5 Å². The van der Waals surface area contributed by atoms with E-state index in [9.17, 15) is 27.6 Å². The number of imide groups is 2. The first-order valence-electron chi connectivity index (χ1n) is 5.14. The molecular formula is C9H9F3N2O3S. The van der Waals surface area contributed by atoms with E-state index < -0.39 is 34.5 Å². The van der Waals surface area contributed by atoms with Gasteiger partial charge in [-0.25, -0.2) is 4.79 Å². The number of carbonyl (C=O) groups excluding carboxylic acids is 3. The topological polar surface area (TPSA) is 66.5 Å². The van der Waals surface area contributed by atoms with Crippen molar-refractivity contribution in [3.63, 3.8) is 0 Å². The van der Waals surface area contributed by atoms with E-state index in [4.69, 9.17) is 0 Å². The fraction of sp³-hybridized carbons (Fsp3) is 0.667. The summed E-state index contributed by atoms with van der Waals surface area (Å²) in [7, 11) is 0. The van der Waals surface area contributed by atoms with Gasteiger partial charge in [0.05, 0.1) is 0 Å². The maximum atomic E-state index is 11.9. The Morgan fingerprint density at radius 2 is 1.89 bits per heavy atom. The normalized spacial score (nSPS) is 22.4. The highest BCUT2D eigenvalue weighted by Crippen LogP contribution is 2.49. The predicted octanol–water partition coefficient (Wildman–Crippen LogP) is 1.10. The summed E-state index contributed by atoms with van der Waals surface area (Å²) in [5.74, 6) is -1.76. The van der Waals surface area contributed by atoms with Crippen LogP contribution < -0.4 is 5.32 Å². The van der Waals surface area contributed by atoms with Crippen molar-refractivity contribution in [3.05, 3.63) is 0 Å². The van der Waals surface area contributed by atoms with E-state index in [0.29, 0.717) is 17.7 Å². The lowest BCUT2D eigenvalue weighted by Crippen LogP contribution is -2.59. The van der Waals surface area contributed by atoms with Crippen LogP contribution in [-0.4, -0.2) is 40.6 Å². The van der Waals surface area contributed by atoms with Crippen LogP contribution in [0.2, 0.25) is 0 Å². The summed E-state index contributed by atoms with van der Waals surface area (Å²) in [6.45, 7) is -0.357. The lowest BCUT2D eigenvalue weighted by molar-refractivity contribution is -0.144. The molecule has 0 bridgehead atoms. The van der Waals surface area contributed by atoms with Crippen LogP contribution in [0.15, 0.2) is 0 Å². The molecule has 1 spiro atoms. The van der Waals surface area contributed by atoms with Gasteiger partial charge in [-0.15, -0.1) is 0 Å². The lowest BCUT2D eigenvalue weighted by atomic mass is 10.0. The van der Waals surface area contributed by atoms with E-state index in [-0.39, 0.29) is 18.3 Å². The quantitative estimate of drug-likeness (QED) is 0.787. The summed E-state index contributed by atoms with van der Waals surface area (Å²) in [6, 6.07) is -0.940. The second kappa shape index (κ2) is 4.15. The van der Waals surface area contributed by atoms with Crippen LogP contribution in [0.5, 0.6) is 0 Å². The van der Waals surface area contributed by atoms with Crippen molar-refractivity contribution in [2.24, 2.45) is 5.41 Å². The van der Waals surface area contributed by atoms with E-state index in [1.807, 2.05) is 5.32 Å². The van der Waals surface area contributed by atoms with Crippen LogP contribution >= 0.6 is 11.8 Å². The van der Waals surface area contributed by atoms with E-state index >= 15 is 0 Å². The molecule has 2 rings (SSSR count). The van der Waals surface area contributed by atoms with Crippen molar-refractivity contribution in [2.45, 2.75) is 18.3 Å². The molecule has 0 radical (unpaired) electrons. The molecule has 0 atom stereocenters. The molecule has 1 heterocycles. The van der Waals surface area contributed by atoms with Gasteiger partial charge in [-0.1, -0.05) is 0 Å². The van der Waals surface area contributed by atoms with Gasteiger partial charge in [-0.3, -0.25) is 19.8 Å². The number of urea groups is 1. The monoisotopic (exact) mass is 282 g/mol. The van der Waals surface area contributed by atoms with Gasteiger partial charge in [0, 0.05) is 12.3 Å². The highest BCUT2D eigenvalue weighted by Gasteiger charge is 2.62. The number of thioether (sulfide) groups is 1. The van der Waals surface area contributed by atoms with Gasteiger partial charge in [0.25, 0.3) is 0 Å². The minimum atomic E-state index is -4.40. The molecule has 100 valence electrons. The average molecular weight is 282 g/mol. The third kappa shape index (κ3) is 2.31. The van der Waals surface area contributed by atoms with Crippen molar-refractivity contribution in [1.29, 1.82) is 0 Å². The number of rotatable bonds is 3. The van der Waals surface area contributed by atoms with E-state index in [2.05, 4.69) is 0 Å². The van der Waals surface area contributed by atoms with Crippen LogP contribution in [0.25, 0.3) is 0 Å². The Morgan fingerprint density at radius 1 is 1.28 bits per heavy atom. The van der Waals surface area contributed by atoms with Crippen molar-refractivity contribution in [2.75, 3.05) is 12.3 Å². The summed E-state index contributed by atoms with van der Waals surface area (Å²) >= 11 is -0.306. The number of alkyl halides is 3. The summed E-state index contributed by atoms with van der Waals surface area (Å²) < 4.78 is 35.8. The molecule has 18 heavy (non-hydrogen) atoms. The van der Waals surface area contributed by atoms with Gasteiger partial charge in [0.2, 0.25) is 11.8 Å². The molecule has 1 aliphatic heterocycles. The fourth-order valence-corrected chi connectivity index (χ4v) is 2.26. The third-order valence-corrected chi connectivity index (χ3v) is 3.60. The van der Waals surface area contributed by atoms with Crippen molar-refractivity contribution in [3.8, 4) is 0 Å². The molecule has 0 aromatic carbocycles. The van der Waals surface area contributed by atoms with Gasteiger partial charge in [-0.2, -0.15) is 13.2 Å². The molecule has 1 saturated carbocycles. The molecule has 1 saturated heterocycles. The standard InChI is InChI=1S/C9H9F3N2O3S/c10-9(11,12)18-4-3-14-6(16)8(1-2-8)5(15)13-7(14)17/h1-4H2,(H,13,15,17). The largest absolute Gasteiger partial charge is 0.441 e. The maximum absolute atomic E-state index is 11.9. The number of carbonyl (C=O) groups is 3. The van der Waals surface area contributed by atoms with Crippen molar-refractivity contribution >= 4 is 29.6 Å². The first-order chi connectivity index (χ1) is 8.26. The van der Waals surface area contributed by atoms with Gasteiger partial charge in [0.1, 0.15) is 5.41 Å². The first-order valence-corrected chi connectivity index (χ1v) is 6.13. The Morgan fingerprint density at radius 3 is 2.39 bits per heavy atom. The zero-order chi connectivity index (χ0) is 13.6. The van der Waals surface area contributed by atoms with Gasteiger partial charge in [0.15, 0.2) is 0 Å². The summed E-state index contributed by atoms with van der Waals surface area (Å²) in [5.41, 5.74) is -5.60. The molecule has 2 fully saturated rings. The molecule has 4 amide bonds. The highest BCUT2D eigenvalue weighted by atomic mass is 32.2. The van der Waals surface area contributed by atoms with Crippen molar-refractivity contribution in [1.82, 2.24) is 10.2 Å². The smallest absolute Gasteiger partial charge is 0.277 e. The first kappa shape index (κ1) is 13.2. The zero-order valence-electron chi connectivity index (χ0n) is 9.04. The number of hydrogen-bond acceptors (Lipinski definition) is 4. The number of halogens is 3. The Hall–Kier alpha value is -1.25. The zero-order valence-corrected chi connectivity index (χ0v) is 9.86. The molecular weight excluding hydrogens is 273 g/mol. The number of nitrogens with one attached hydrogen (secondary N) is 1. The Kier molecular flexibility index (Phi) is 3.04. The Balaban J connectivity index is 1.97. The highest BCUT2D eigenvalue weighted by molar-refractivity contribution is 8.00. The number of barbiturate groups is 1. The lowest BCUT2D eigenvalue weighted by Gasteiger charge is -2.30. The van der Waals surface area contributed by atoms with Gasteiger partial charge < -0.3 is 0 Å².